The molecular formula is C13H16O3. The Bertz CT molecular complexity index is 407. The Balaban J connectivity index is 2.40. The number of ether oxygens (including phenoxy) is 1. The zero-order valence-electron chi connectivity index (χ0n) is 9.56. The number of rotatable bonds is 4. The molecule has 16 heavy (non-hydrogen) atoms. The normalized spacial score (nSPS) is 18.9. The van der Waals surface area contributed by atoms with Gasteiger partial charge in [0, 0.05) is 11.0 Å². The van der Waals surface area contributed by atoms with Crippen molar-refractivity contribution in [1.29, 1.82) is 0 Å². The third-order valence-corrected chi connectivity index (χ3v) is 3.63. The number of carboxylic acids is 1. The van der Waals surface area contributed by atoms with Crippen molar-refractivity contribution in [3.8, 4) is 5.75 Å². The molecule has 1 aromatic rings. The number of hydrogen-bond donors (Lipinski definition) is 1. The molecule has 1 aromatic carbocycles. The van der Waals surface area contributed by atoms with Crippen molar-refractivity contribution in [2.75, 3.05) is 7.11 Å². The van der Waals surface area contributed by atoms with Crippen LogP contribution in [0.5, 0.6) is 5.75 Å². The highest BCUT2D eigenvalue weighted by atomic mass is 16.5. The van der Waals surface area contributed by atoms with Gasteiger partial charge in [0.1, 0.15) is 5.75 Å². The van der Waals surface area contributed by atoms with E-state index in [2.05, 4.69) is 0 Å². The molecule has 1 N–H and O–H groups in total. The molecule has 1 unspecified atom stereocenters. The van der Waals surface area contributed by atoms with Gasteiger partial charge in [-0.2, -0.15) is 0 Å². The lowest BCUT2D eigenvalue weighted by molar-refractivity contribution is -0.142. The zero-order valence-corrected chi connectivity index (χ0v) is 9.56. The summed E-state index contributed by atoms with van der Waals surface area (Å²) in [5, 5.41) is 9.14. The molecular weight excluding hydrogens is 204 g/mol. The summed E-state index contributed by atoms with van der Waals surface area (Å²) in [6, 6.07) is 7.71. The zero-order chi connectivity index (χ0) is 11.8. The molecule has 0 spiro atoms. The van der Waals surface area contributed by atoms with Crippen LogP contribution in [0.4, 0.5) is 0 Å². The first-order valence-corrected chi connectivity index (χ1v) is 5.48. The van der Waals surface area contributed by atoms with Crippen LogP contribution in [0, 0.1) is 5.92 Å². The highest BCUT2D eigenvalue weighted by Gasteiger charge is 2.52. The van der Waals surface area contributed by atoms with Crippen LogP contribution in [-0.2, 0) is 10.2 Å². The first kappa shape index (κ1) is 11.0. The Kier molecular flexibility index (Phi) is 2.62. The molecule has 0 heterocycles. The predicted octanol–water partition coefficient (Wildman–Crippen LogP) is 2.45. The van der Waals surface area contributed by atoms with Crippen LogP contribution in [0.2, 0.25) is 0 Å². The van der Waals surface area contributed by atoms with E-state index in [1.165, 1.54) is 0 Å². The van der Waals surface area contributed by atoms with Gasteiger partial charge in [-0.25, -0.2) is 0 Å². The van der Waals surface area contributed by atoms with E-state index in [-0.39, 0.29) is 11.3 Å². The van der Waals surface area contributed by atoms with Gasteiger partial charge in [0.15, 0.2) is 0 Å². The summed E-state index contributed by atoms with van der Waals surface area (Å²) in [6.45, 7) is 1.78. The number of carbonyl (C=O) groups is 1. The number of hydrogen-bond acceptors (Lipinski definition) is 2. The molecule has 0 bridgehead atoms. The van der Waals surface area contributed by atoms with Crippen LogP contribution in [0.15, 0.2) is 24.3 Å². The maximum absolute atomic E-state index is 11.1. The summed E-state index contributed by atoms with van der Waals surface area (Å²) < 4.78 is 5.31. The number of para-hydroxylation sites is 1. The Morgan fingerprint density at radius 1 is 1.44 bits per heavy atom. The van der Waals surface area contributed by atoms with Crippen molar-refractivity contribution in [3.63, 3.8) is 0 Å². The molecule has 86 valence electrons. The standard InChI is InChI=1S/C13H16O3/c1-9(12(14)15)13(7-8-13)10-5-3-4-6-11(10)16-2/h3-6,9H,7-8H2,1-2H3,(H,14,15). The van der Waals surface area contributed by atoms with Crippen molar-refractivity contribution in [2.24, 2.45) is 5.92 Å². The molecule has 3 nitrogen and oxygen atoms in total. The van der Waals surface area contributed by atoms with Crippen LogP contribution in [0.1, 0.15) is 25.3 Å². The van der Waals surface area contributed by atoms with Crippen molar-refractivity contribution >= 4 is 5.97 Å². The molecule has 0 aliphatic heterocycles. The molecule has 3 heteroatoms. The Morgan fingerprint density at radius 3 is 2.56 bits per heavy atom. The van der Waals surface area contributed by atoms with Gasteiger partial charge in [-0.3, -0.25) is 4.79 Å². The summed E-state index contributed by atoms with van der Waals surface area (Å²) in [4.78, 5) is 11.1. The number of aliphatic carboxylic acids is 1. The predicted molar refractivity (Wildman–Crippen MR) is 60.7 cm³/mol. The second-order valence-electron chi connectivity index (χ2n) is 4.42. The second-order valence-corrected chi connectivity index (χ2v) is 4.42. The van der Waals surface area contributed by atoms with Gasteiger partial charge in [0.25, 0.3) is 0 Å². The van der Waals surface area contributed by atoms with Crippen molar-refractivity contribution in [1.82, 2.24) is 0 Å². The SMILES string of the molecule is COc1ccccc1C1(C(C)C(=O)O)CC1. The molecule has 0 radical (unpaired) electrons. The van der Waals surface area contributed by atoms with Crippen molar-refractivity contribution in [3.05, 3.63) is 29.8 Å². The van der Waals surface area contributed by atoms with Gasteiger partial charge in [-0.15, -0.1) is 0 Å². The fraction of sp³-hybridized carbons (Fsp3) is 0.462. The monoisotopic (exact) mass is 220 g/mol. The number of carboxylic acid groups (broad SMARTS) is 1. The molecule has 1 atom stereocenters. The molecule has 2 rings (SSSR count). The molecule has 1 aliphatic rings. The number of benzene rings is 1. The lowest BCUT2D eigenvalue weighted by Gasteiger charge is -2.22. The molecule has 1 saturated carbocycles. The van der Waals surface area contributed by atoms with Crippen molar-refractivity contribution < 1.29 is 14.6 Å². The highest BCUT2D eigenvalue weighted by Crippen LogP contribution is 2.56. The minimum Gasteiger partial charge on any atom is -0.496 e. The third-order valence-electron chi connectivity index (χ3n) is 3.63. The van der Waals surface area contributed by atoms with Crippen LogP contribution >= 0.6 is 0 Å². The van der Waals surface area contributed by atoms with Gasteiger partial charge in [-0.1, -0.05) is 25.1 Å². The van der Waals surface area contributed by atoms with E-state index in [1.54, 1.807) is 14.0 Å². The van der Waals surface area contributed by atoms with E-state index in [4.69, 9.17) is 9.84 Å². The van der Waals surface area contributed by atoms with Crippen LogP contribution in [0.25, 0.3) is 0 Å². The summed E-state index contributed by atoms with van der Waals surface area (Å²) >= 11 is 0. The average molecular weight is 220 g/mol. The Morgan fingerprint density at radius 2 is 2.06 bits per heavy atom. The van der Waals surface area contributed by atoms with Crippen LogP contribution in [0.3, 0.4) is 0 Å². The Labute approximate surface area is 95.0 Å². The molecule has 0 aromatic heterocycles. The lowest BCUT2D eigenvalue weighted by Crippen LogP contribution is -2.25. The fourth-order valence-electron chi connectivity index (χ4n) is 2.36. The highest BCUT2D eigenvalue weighted by molar-refractivity contribution is 5.73. The van der Waals surface area contributed by atoms with E-state index in [0.717, 1.165) is 24.2 Å². The molecule has 0 amide bonds. The maximum Gasteiger partial charge on any atom is 0.307 e. The van der Waals surface area contributed by atoms with E-state index in [1.807, 2.05) is 24.3 Å². The lowest BCUT2D eigenvalue weighted by atomic mass is 9.83. The van der Waals surface area contributed by atoms with Gasteiger partial charge in [-0.05, 0) is 18.9 Å². The van der Waals surface area contributed by atoms with E-state index in [9.17, 15) is 4.79 Å². The first-order valence-electron chi connectivity index (χ1n) is 5.48. The topological polar surface area (TPSA) is 46.5 Å². The minimum atomic E-state index is -0.733. The van der Waals surface area contributed by atoms with Crippen molar-refractivity contribution in [2.45, 2.75) is 25.2 Å². The smallest absolute Gasteiger partial charge is 0.307 e. The van der Waals surface area contributed by atoms with E-state index < -0.39 is 5.97 Å². The third kappa shape index (κ3) is 1.56. The second kappa shape index (κ2) is 3.81. The number of methoxy groups -OCH3 is 1. The summed E-state index contributed by atoms with van der Waals surface area (Å²) in [5.74, 6) is -0.291. The summed E-state index contributed by atoms with van der Waals surface area (Å²) in [7, 11) is 1.63. The summed E-state index contributed by atoms with van der Waals surface area (Å²) in [6.07, 6.45) is 1.86. The Hall–Kier alpha value is -1.51. The van der Waals surface area contributed by atoms with Gasteiger partial charge >= 0.3 is 5.97 Å². The minimum absolute atomic E-state index is 0.210. The first-order chi connectivity index (χ1) is 7.62. The van der Waals surface area contributed by atoms with Crippen LogP contribution < -0.4 is 4.74 Å². The maximum atomic E-state index is 11.1. The fourth-order valence-corrected chi connectivity index (χ4v) is 2.36. The molecule has 0 saturated heterocycles. The van der Waals surface area contributed by atoms with E-state index >= 15 is 0 Å². The quantitative estimate of drug-likeness (QED) is 0.847. The van der Waals surface area contributed by atoms with Gasteiger partial charge in [0.2, 0.25) is 0 Å². The summed E-state index contributed by atoms with van der Waals surface area (Å²) in [5.41, 5.74) is 0.825. The average Bonchev–Trinajstić information content (AvgIpc) is 3.09. The van der Waals surface area contributed by atoms with Crippen LogP contribution in [-0.4, -0.2) is 18.2 Å². The molecule has 1 aliphatic carbocycles. The van der Waals surface area contributed by atoms with Gasteiger partial charge in [0.05, 0.1) is 13.0 Å². The largest absolute Gasteiger partial charge is 0.496 e. The van der Waals surface area contributed by atoms with E-state index in [0.29, 0.717) is 0 Å². The molecule has 1 fully saturated rings. The van der Waals surface area contributed by atoms with Gasteiger partial charge < -0.3 is 9.84 Å².